The molecular formula is C30H44N6O8+2. The fraction of sp³-hybridized carbons (Fsp3) is 0.400. The fourth-order valence-electron chi connectivity index (χ4n) is 4.60. The molecule has 0 amide bonds. The van der Waals surface area contributed by atoms with Gasteiger partial charge in [-0.1, -0.05) is 0 Å². The number of aliphatic imine (C=N–C) groups is 1. The van der Waals surface area contributed by atoms with Crippen molar-refractivity contribution in [3.63, 3.8) is 0 Å². The Morgan fingerprint density at radius 3 is 1.50 bits per heavy atom. The highest BCUT2D eigenvalue weighted by atomic mass is 16.6. The van der Waals surface area contributed by atoms with Gasteiger partial charge in [0.25, 0.3) is 0 Å². The Morgan fingerprint density at radius 1 is 0.614 bits per heavy atom. The van der Waals surface area contributed by atoms with Crippen LogP contribution in [0.1, 0.15) is 0 Å². The summed E-state index contributed by atoms with van der Waals surface area (Å²) in [6.07, 6.45) is 2.57. The number of rotatable bonds is 19. The summed E-state index contributed by atoms with van der Waals surface area (Å²) >= 11 is 0. The van der Waals surface area contributed by atoms with Crippen molar-refractivity contribution in [3.05, 3.63) is 72.1 Å². The van der Waals surface area contributed by atoms with Crippen molar-refractivity contribution < 1.29 is 50.0 Å². The molecule has 44 heavy (non-hydrogen) atoms. The molecule has 1 aliphatic carbocycles. The summed E-state index contributed by atoms with van der Waals surface area (Å²) in [5, 5.41) is 77.4. The minimum absolute atomic E-state index is 0.120. The third-order valence-corrected chi connectivity index (χ3v) is 7.14. The van der Waals surface area contributed by atoms with Gasteiger partial charge in [-0.05, 0) is 54.6 Å². The highest BCUT2D eigenvalue weighted by Crippen LogP contribution is 2.22. The van der Waals surface area contributed by atoms with E-state index in [0.717, 1.165) is 17.5 Å². The van der Waals surface area contributed by atoms with Crippen LogP contribution in [0.25, 0.3) is 0 Å². The molecule has 3 rings (SSSR count). The van der Waals surface area contributed by atoms with Crippen LogP contribution in [0.3, 0.4) is 0 Å². The van der Waals surface area contributed by atoms with Crippen molar-refractivity contribution in [1.82, 2.24) is 0 Å². The van der Waals surface area contributed by atoms with Crippen LogP contribution in [-0.4, -0.2) is 136 Å². The number of hydrogen-bond acceptors (Lipinski definition) is 12. The van der Waals surface area contributed by atoms with Crippen molar-refractivity contribution in [2.75, 3.05) is 94.7 Å². The number of anilines is 3. The molecule has 0 aliphatic heterocycles. The lowest BCUT2D eigenvalue weighted by Gasteiger charge is -2.29. The molecule has 0 spiro atoms. The molecular weight excluding hydrogens is 572 g/mol. The summed E-state index contributed by atoms with van der Waals surface area (Å²) < 4.78 is -0.882. The van der Waals surface area contributed by atoms with Crippen LogP contribution in [0.15, 0.2) is 77.1 Å². The molecule has 0 atom stereocenters. The predicted molar refractivity (Wildman–Crippen MR) is 166 cm³/mol. The lowest BCUT2D eigenvalue weighted by atomic mass is 10.1. The first kappa shape index (κ1) is 34.6. The molecule has 0 aromatic heterocycles. The number of nitrogens with one attached hydrogen (secondary N) is 3. The number of aliphatic hydroxyl groups excluding tert-OH is 5. The maximum atomic E-state index is 12.5. The Labute approximate surface area is 256 Å². The average Bonchev–Trinajstić information content (AvgIpc) is 2.98. The van der Waals surface area contributed by atoms with E-state index in [0.29, 0.717) is 36.7 Å². The van der Waals surface area contributed by atoms with Crippen LogP contribution >= 0.6 is 0 Å². The number of benzene rings is 2. The lowest BCUT2D eigenvalue weighted by Crippen LogP contribution is -2.51. The molecule has 0 saturated carbocycles. The standard InChI is InChI=1S/C30H42N6O8/c37-17-13-35(43,14-18-38)11-9-31-23-1-5-25(6-2-23)33-27-21-28(30(42)22-29(27)41)34-26-7-3-24(4-8-26)32-10-12-36(44,15-19-39)16-20-40/h1-8,21-22,37-40,43-44H,9-20H2,(H2-2,31,32,33,34,41,42)/p+2. The monoisotopic (exact) mass is 616 g/mol. The topological polar surface area (TPSA) is 207 Å². The van der Waals surface area contributed by atoms with E-state index in [1.807, 2.05) is 12.1 Å². The van der Waals surface area contributed by atoms with Crippen molar-refractivity contribution in [2.24, 2.45) is 4.99 Å². The van der Waals surface area contributed by atoms with Crippen LogP contribution in [0, 0.1) is 0 Å². The van der Waals surface area contributed by atoms with Gasteiger partial charge < -0.3 is 41.5 Å². The van der Waals surface area contributed by atoms with E-state index in [9.17, 15) is 20.3 Å². The third-order valence-electron chi connectivity index (χ3n) is 7.14. The first-order valence-corrected chi connectivity index (χ1v) is 14.4. The first-order valence-electron chi connectivity index (χ1n) is 14.4. The second-order valence-corrected chi connectivity index (χ2v) is 10.5. The number of carbonyl (C=O) groups is 1. The summed E-state index contributed by atoms with van der Waals surface area (Å²) in [6, 6.07) is 14.2. The summed E-state index contributed by atoms with van der Waals surface area (Å²) in [4.78, 5) is 17.0. The zero-order valence-corrected chi connectivity index (χ0v) is 24.6. The number of hydroxylamine groups is 6. The van der Waals surface area contributed by atoms with Gasteiger partial charge >= 0.3 is 0 Å². The Bertz CT molecular complexity index is 1290. The molecule has 14 heteroatoms. The Morgan fingerprint density at radius 2 is 1.05 bits per heavy atom. The maximum Gasteiger partial charge on any atom is 0.208 e. The molecule has 14 nitrogen and oxygen atoms in total. The zero-order chi connectivity index (χ0) is 32.0. The maximum absolute atomic E-state index is 12.5. The van der Waals surface area contributed by atoms with Crippen LogP contribution < -0.4 is 16.0 Å². The van der Waals surface area contributed by atoms with Crippen LogP contribution in [0.2, 0.25) is 0 Å². The molecule has 1 aliphatic rings. The molecule has 0 fully saturated rings. The van der Waals surface area contributed by atoms with Crippen LogP contribution in [0.4, 0.5) is 22.7 Å². The van der Waals surface area contributed by atoms with E-state index < -0.39 is 15.1 Å². The number of ketones is 1. The van der Waals surface area contributed by atoms with Crippen molar-refractivity contribution in [3.8, 4) is 0 Å². The molecule has 0 radical (unpaired) electrons. The lowest BCUT2D eigenvalue weighted by molar-refractivity contribution is -1.10. The molecule has 10 N–H and O–H groups in total. The number of carbonyl (C=O) groups excluding carboxylic acids is 1. The van der Waals surface area contributed by atoms with Gasteiger partial charge in [0.15, 0.2) is 0 Å². The Kier molecular flexibility index (Phi) is 13.3. The molecule has 240 valence electrons. The second kappa shape index (κ2) is 16.8. The van der Waals surface area contributed by atoms with Gasteiger partial charge in [0.1, 0.15) is 50.7 Å². The Hall–Kier alpha value is -3.86. The Balaban J connectivity index is 1.59. The summed E-state index contributed by atoms with van der Waals surface area (Å²) in [5.41, 5.74) is 3.17. The van der Waals surface area contributed by atoms with Gasteiger partial charge in [-0.3, -0.25) is 4.79 Å². The highest BCUT2D eigenvalue weighted by molar-refractivity contribution is 6.49. The van der Waals surface area contributed by atoms with Crippen LogP contribution in [0.5, 0.6) is 0 Å². The third kappa shape index (κ3) is 10.7. The number of allylic oxidation sites excluding steroid dienone is 2. The molecule has 0 saturated heterocycles. The van der Waals surface area contributed by atoms with E-state index in [1.165, 1.54) is 6.08 Å². The van der Waals surface area contributed by atoms with Crippen molar-refractivity contribution in [2.45, 2.75) is 0 Å². The van der Waals surface area contributed by atoms with Gasteiger partial charge in [0.2, 0.25) is 5.78 Å². The van der Waals surface area contributed by atoms with Gasteiger partial charge in [-0.15, -0.1) is 0 Å². The van der Waals surface area contributed by atoms with Gasteiger partial charge in [-0.25, -0.2) is 15.4 Å². The van der Waals surface area contributed by atoms with E-state index in [1.54, 1.807) is 36.4 Å². The number of quaternary nitrogens is 2. The highest BCUT2D eigenvalue weighted by Gasteiger charge is 2.25. The number of nitrogens with zero attached hydrogens (tertiary/aromatic N) is 3. The van der Waals surface area contributed by atoms with Gasteiger partial charge in [0.05, 0.1) is 50.9 Å². The summed E-state index contributed by atoms with van der Waals surface area (Å²) in [7, 11) is 0. The minimum Gasteiger partial charge on any atom is -0.506 e. The van der Waals surface area contributed by atoms with Crippen LogP contribution in [-0.2, 0) is 4.79 Å². The first-order chi connectivity index (χ1) is 21.1. The van der Waals surface area contributed by atoms with Gasteiger partial charge in [0, 0.05) is 23.1 Å². The van der Waals surface area contributed by atoms with E-state index in [2.05, 4.69) is 20.9 Å². The zero-order valence-electron chi connectivity index (χ0n) is 24.6. The van der Waals surface area contributed by atoms with Crippen molar-refractivity contribution in [1.29, 1.82) is 0 Å². The second-order valence-electron chi connectivity index (χ2n) is 10.5. The quantitative estimate of drug-likeness (QED) is 0.0612. The molecule has 2 aromatic rings. The molecule has 2 aromatic carbocycles. The number of aliphatic hydroxyl groups is 5. The molecule has 0 unspecified atom stereocenters. The predicted octanol–water partition coefficient (Wildman–Crippen LogP) is 0.985. The summed E-state index contributed by atoms with van der Waals surface area (Å²) in [6.45, 7) is 1.11. The van der Waals surface area contributed by atoms with E-state index in [-0.39, 0.29) is 70.6 Å². The van der Waals surface area contributed by atoms with Gasteiger partial charge in [-0.2, -0.15) is 9.29 Å². The normalized spacial score (nSPS) is 14.8. The van der Waals surface area contributed by atoms with E-state index in [4.69, 9.17) is 20.4 Å². The SMILES string of the molecule is O=C1C=C(O)C(Nc2ccc(NCC[N+](O)(CCO)CCO)cc2)=CC1=Nc1ccc(NCC[N+](O)(CCO)CCO)cc1. The smallest absolute Gasteiger partial charge is 0.208 e. The minimum atomic E-state index is -0.444. The summed E-state index contributed by atoms with van der Waals surface area (Å²) in [5.74, 6) is -0.665. The largest absolute Gasteiger partial charge is 0.506 e. The fourth-order valence-corrected chi connectivity index (χ4v) is 4.60. The van der Waals surface area contributed by atoms with Crippen molar-refractivity contribution >= 4 is 34.2 Å². The average molecular weight is 617 g/mol. The molecule has 0 heterocycles. The molecule has 0 bridgehead atoms. The number of hydrogen-bond donors (Lipinski definition) is 10. The van der Waals surface area contributed by atoms with E-state index >= 15 is 0 Å².